The number of phenols is 2. The Bertz CT molecular complexity index is 391. The van der Waals surface area contributed by atoms with Crippen molar-refractivity contribution < 1.29 is 10.2 Å². The maximum Gasteiger partial charge on any atom is 0.124 e. The molecule has 1 aromatic carbocycles. The van der Waals surface area contributed by atoms with Gasteiger partial charge in [-0.1, -0.05) is 12.5 Å². The van der Waals surface area contributed by atoms with Crippen molar-refractivity contribution in [2.45, 2.75) is 43.5 Å². The van der Waals surface area contributed by atoms with E-state index in [0.717, 1.165) is 0 Å². The zero-order valence-corrected chi connectivity index (χ0v) is 11.7. The fourth-order valence-electron chi connectivity index (χ4n) is 2.79. The summed E-state index contributed by atoms with van der Waals surface area (Å²) < 4.78 is 0. The van der Waals surface area contributed by atoms with Crippen LogP contribution in [0.4, 0.5) is 0 Å². The summed E-state index contributed by atoms with van der Waals surface area (Å²) in [6.07, 6.45) is 5.82. The van der Waals surface area contributed by atoms with Crippen molar-refractivity contribution in [1.82, 2.24) is 5.32 Å². The van der Waals surface area contributed by atoms with Crippen LogP contribution in [0, 0.1) is 0 Å². The van der Waals surface area contributed by atoms with Gasteiger partial charge < -0.3 is 15.5 Å². The molecule has 1 aliphatic carbocycles. The predicted octanol–water partition coefficient (Wildman–Crippen LogP) is 3.03. The van der Waals surface area contributed by atoms with Gasteiger partial charge in [-0.25, -0.2) is 0 Å². The minimum atomic E-state index is -0.0380. The molecule has 0 bridgehead atoms. The Labute approximate surface area is 113 Å². The molecule has 3 atom stereocenters. The molecule has 0 heterocycles. The molecule has 18 heavy (non-hydrogen) atoms. The molecule has 0 amide bonds. The van der Waals surface area contributed by atoms with Crippen LogP contribution in [0.3, 0.4) is 0 Å². The number of hydrogen-bond acceptors (Lipinski definition) is 4. The second-order valence-corrected chi connectivity index (χ2v) is 5.99. The fourth-order valence-corrected chi connectivity index (χ4v) is 3.73. The largest absolute Gasteiger partial charge is 0.507 e. The third-order valence-electron chi connectivity index (χ3n) is 3.71. The topological polar surface area (TPSA) is 52.5 Å². The van der Waals surface area contributed by atoms with Gasteiger partial charge in [-0.15, -0.1) is 0 Å². The van der Waals surface area contributed by atoms with Gasteiger partial charge in [0.05, 0.1) is 5.56 Å². The van der Waals surface area contributed by atoms with Gasteiger partial charge in [0, 0.05) is 17.3 Å². The summed E-state index contributed by atoms with van der Waals surface area (Å²) >= 11 is 1.90. The molecule has 0 aromatic heterocycles. The number of aromatic hydroxyl groups is 2. The SMILES string of the molecule is CSC1CCCC1NC(C)c1c(O)cccc1O. The van der Waals surface area contributed by atoms with Gasteiger partial charge in [-0.2, -0.15) is 11.8 Å². The minimum Gasteiger partial charge on any atom is -0.507 e. The molecule has 0 spiro atoms. The maximum absolute atomic E-state index is 9.85. The second-order valence-electron chi connectivity index (χ2n) is 4.91. The zero-order valence-electron chi connectivity index (χ0n) is 10.9. The van der Waals surface area contributed by atoms with Crippen LogP contribution in [-0.2, 0) is 0 Å². The van der Waals surface area contributed by atoms with E-state index in [9.17, 15) is 10.2 Å². The molecule has 0 radical (unpaired) electrons. The summed E-state index contributed by atoms with van der Waals surface area (Å²) in [4.78, 5) is 0. The fraction of sp³-hybridized carbons (Fsp3) is 0.571. The summed E-state index contributed by atoms with van der Waals surface area (Å²) in [7, 11) is 0. The number of thioether (sulfide) groups is 1. The zero-order chi connectivity index (χ0) is 13.1. The highest BCUT2D eigenvalue weighted by atomic mass is 32.2. The molecule has 3 N–H and O–H groups in total. The number of hydrogen-bond donors (Lipinski definition) is 3. The molecular formula is C14H21NO2S. The van der Waals surface area contributed by atoms with Gasteiger partial charge in [-0.3, -0.25) is 0 Å². The standard InChI is InChI=1S/C14H21NO2S/c1-9(14-11(16)6-4-7-12(14)17)15-10-5-3-8-13(10)18-2/h4,6-7,9-10,13,15-17H,3,5,8H2,1-2H3. The van der Waals surface area contributed by atoms with E-state index in [2.05, 4.69) is 11.6 Å². The second kappa shape index (κ2) is 5.85. The van der Waals surface area contributed by atoms with Crippen LogP contribution in [0.25, 0.3) is 0 Å². The van der Waals surface area contributed by atoms with Crippen molar-refractivity contribution in [3.05, 3.63) is 23.8 Å². The summed E-state index contributed by atoms with van der Waals surface area (Å²) in [5, 5.41) is 23.9. The van der Waals surface area contributed by atoms with E-state index < -0.39 is 0 Å². The molecule has 2 rings (SSSR count). The average molecular weight is 267 g/mol. The van der Waals surface area contributed by atoms with Gasteiger partial charge >= 0.3 is 0 Å². The lowest BCUT2D eigenvalue weighted by Crippen LogP contribution is -2.35. The molecule has 1 aliphatic rings. The molecule has 1 aromatic rings. The van der Waals surface area contributed by atoms with Crippen LogP contribution in [-0.4, -0.2) is 27.8 Å². The highest BCUT2D eigenvalue weighted by Crippen LogP contribution is 2.35. The summed E-state index contributed by atoms with van der Waals surface area (Å²) in [5.74, 6) is 0.322. The van der Waals surface area contributed by atoms with Crippen molar-refractivity contribution in [2.24, 2.45) is 0 Å². The Morgan fingerprint density at radius 1 is 1.28 bits per heavy atom. The first-order valence-corrected chi connectivity index (χ1v) is 7.72. The van der Waals surface area contributed by atoms with E-state index in [1.165, 1.54) is 19.3 Å². The molecule has 1 saturated carbocycles. The normalized spacial score (nSPS) is 25.2. The lowest BCUT2D eigenvalue weighted by molar-refractivity contribution is 0.401. The number of benzene rings is 1. The first-order chi connectivity index (χ1) is 8.63. The summed E-state index contributed by atoms with van der Waals surface area (Å²) in [6, 6.07) is 5.32. The third kappa shape index (κ3) is 2.75. The van der Waals surface area contributed by atoms with Crippen LogP contribution in [0.15, 0.2) is 18.2 Å². The Balaban J connectivity index is 2.10. The van der Waals surface area contributed by atoms with Gasteiger partial charge in [0.15, 0.2) is 0 Å². The maximum atomic E-state index is 9.85. The van der Waals surface area contributed by atoms with E-state index >= 15 is 0 Å². The smallest absolute Gasteiger partial charge is 0.124 e. The Hall–Kier alpha value is -0.870. The molecule has 1 fully saturated rings. The van der Waals surface area contributed by atoms with E-state index in [-0.39, 0.29) is 17.5 Å². The number of phenolic OH excluding ortho intramolecular Hbond substituents is 2. The van der Waals surface area contributed by atoms with Gasteiger partial charge in [0.25, 0.3) is 0 Å². The highest BCUT2D eigenvalue weighted by Gasteiger charge is 2.28. The lowest BCUT2D eigenvalue weighted by Gasteiger charge is -2.25. The first kappa shape index (κ1) is 13.6. The van der Waals surface area contributed by atoms with Crippen LogP contribution in [0.2, 0.25) is 0 Å². The van der Waals surface area contributed by atoms with Crippen LogP contribution >= 0.6 is 11.8 Å². The molecule has 0 aliphatic heterocycles. The van der Waals surface area contributed by atoms with Crippen LogP contribution < -0.4 is 5.32 Å². The van der Waals surface area contributed by atoms with Crippen molar-refractivity contribution in [3.8, 4) is 11.5 Å². The van der Waals surface area contributed by atoms with Crippen molar-refractivity contribution in [1.29, 1.82) is 0 Å². The molecule has 3 unspecified atom stereocenters. The monoisotopic (exact) mass is 267 g/mol. The first-order valence-electron chi connectivity index (χ1n) is 6.43. The molecule has 0 saturated heterocycles. The molecule has 100 valence electrons. The van der Waals surface area contributed by atoms with Gasteiger partial charge in [0.2, 0.25) is 0 Å². The third-order valence-corrected chi connectivity index (χ3v) is 4.88. The van der Waals surface area contributed by atoms with Gasteiger partial charge in [-0.05, 0) is 38.2 Å². The summed E-state index contributed by atoms with van der Waals surface area (Å²) in [5.41, 5.74) is 0.601. The lowest BCUT2D eigenvalue weighted by atomic mass is 10.0. The molecule has 3 nitrogen and oxygen atoms in total. The average Bonchev–Trinajstić information content (AvgIpc) is 2.76. The highest BCUT2D eigenvalue weighted by molar-refractivity contribution is 7.99. The summed E-state index contributed by atoms with van der Waals surface area (Å²) in [6.45, 7) is 1.99. The van der Waals surface area contributed by atoms with E-state index in [1.807, 2.05) is 18.7 Å². The number of nitrogens with one attached hydrogen (secondary N) is 1. The minimum absolute atomic E-state index is 0.0380. The van der Waals surface area contributed by atoms with E-state index in [0.29, 0.717) is 16.9 Å². The van der Waals surface area contributed by atoms with Crippen molar-refractivity contribution >= 4 is 11.8 Å². The van der Waals surface area contributed by atoms with Crippen LogP contribution in [0.1, 0.15) is 37.8 Å². The quantitative estimate of drug-likeness (QED) is 0.785. The Morgan fingerprint density at radius 2 is 1.94 bits per heavy atom. The van der Waals surface area contributed by atoms with Crippen molar-refractivity contribution in [3.63, 3.8) is 0 Å². The number of rotatable bonds is 4. The van der Waals surface area contributed by atoms with E-state index in [1.54, 1.807) is 18.2 Å². The molecular weight excluding hydrogens is 246 g/mol. The van der Waals surface area contributed by atoms with Crippen molar-refractivity contribution in [2.75, 3.05) is 6.26 Å². The Morgan fingerprint density at radius 3 is 2.56 bits per heavy atom. The Kier molecular flexibility index (Phi) is 4.40. The van der Waals surface area contributed by atoms with Gasteiger partial charge in [0.1, 0.15) is 11.5 Å². The van der Waals surface area contributed by atoms with Crippen LogP contribution in [0.5, 0.6) is 11.5 Å². The predicted molar refractivity (Wildman–Crippen MR) is 76.3 cm³/mol. The van der Waals surface area contributed by atoms with E-state index in [4.69, 9.17) is 0 Å². The molecule has 4 heteroatoms.